The van der Waals surface area contributed by atoms with Gasteiger partial charge in [0, 0.05) is 11.6 Å². The Morgan fingerprint density at radius 1 is 1.05 bits per heavy atom. The van der Waals surface area contributed by atoms with Crippen molar-refractivity contribution in [3.8, 4) is 0 Å². The smallest absolute Gasteiger partial charge is 0.128 e. The molecule has 0 aromatic heterocycles. The maximum Gasteiger partial charge on any atom is 0.128 e. The second kappa shape index (κ2) is 6.62. The molecule has 0 heterocycles. The summed E-state index contributed by atoms with van der Waals surface area (Å²) < 4.78 is 27.2. The van der Waals surface area contributed by atoms with Crippen LogP contribution in [0.4, 0.5) is 8.78 Å². The monoisotopic (exact) mass is 275 g/mol. The molecule has 2 aromatic carbocycles. The SMILES string of the molecule is CCNC(Cc1ccc(C)cc1)c1cc(F)ccc1F. The summed E-state index contributed by atoms with van der Waals surface area (Å²) in [5.41, 5.74) is 2.67. The normalized spacial score (nSPS) is 12.4. The average Bonchev–Trinajstić information content (AvgIpc) is 2.43. The van der Waals surface area contributed by atoms with E-state index in [0.29, 0.717) is 18.5 Å². The van der Waals surface area contributed by atoms with E-state index in [1.54, 1.807) is 0 Å². The predicted molar refractivity (Wildman–Crippen MR) is 77.7 cm³/mol. The Labute approximate surface area is 118 Å². The summed E-state index contributed by atoms with van der Waals surface area (Å²) in [5.74, 6) is -0.780. The fourth-order valence-corrected chi connectivity index (χ4v) is 2.28. The minimum atomic E-state index is -0.409. The molecule has 0 aliphatic carbocycles. The molecule has 0 bridgehead atoms. The maximum atomic E-state index is 13.9. The zero-order valence-electron chi connectivity index (χ0n) is 11.8. The first-order valence-electron chi connectivity index (χ1n) is 6.84. The van der Waals surface area contributed by atoms with E-state index in [2.05, 4.69) is 5.32 Å². The molecule has 0 saturated heterocycles. The minimum Gasteiger partial charge on any atom is -0.310 e. The second-order valence-electron chi connectivity index (χ2n) is 4.97. The molecule has 0 radical (unpaired) electrons. The summed E-state index contributed by atoms with van der Waals surface area (Å²) in [5, 5.41) is 3.22. The number of rotatable bonds is 5. The Morgan fingerprint density at radius 3 is 2.40 bits per heavy atom. The molecule has 0 aliphatic rings. The topological polar surface area (TPSA) is 12.0 Å². The molecule has 106 valence electrons. The Hall–Kier alpha value is -1.74. The van der Waals surface area contributed by atoms with E-state index < -0.39 is 5.82 Å². The quantitative estimate of drug-likeness (QED) is 0.863. The zero-order valence-corrected chi connectivity index (χ0v) is 11.8. The number of hydrogen-bond donors (Lipinski definition) is 1. The number of aryl methyl sites for hydroxylation is 1. The van der Waals surface area contributed by atoms with Crippen LogP contribution in [0.5, 0.6) is 0 Å². The van der Waals surface area contributed by atoms with Gasteiger partial charge in [-0.25, -0.2) is 8.78 Å². The standard InChI is InChI=1S/C17H19F2N/c1-3-20-17(10-13-6-4-12(2)5-7-13)15-11-14(18)8-9-16(15)19/h4-9,11,17,20H,3,10H2,1-2H3. The molecular formula is C17H19F2N. The molecule has 0 amide bonds. The van der Waals surface area contributed by atoms with Gasteiger partial charge < -0.3 is 5.32 Å². The van der Waals surface area contributed by atoms with E-state index >= 15 is 0 Å². The van der Waals surface area contributed by atoms with Crippen molar-refractivity contribution in [1.82, 2.24) is 5.32 Å². The Morgan fingerprint density at radius 2 is 1.75 bits per heavy atom. The van der Waals surface area contributed by atoms with Crippen LogP contribution in [-0.4, -0.2) is 6.54 Å². The zero-order chi connectivity index (χ0) is 14.5. The summed E-state index contributed by atoms with van der Waals surface area (Å²) in [6.07, 6.45) is 0.633. The van der Waals surface area contributed by atoms with Gasteiger partial charge in [-0.15, -0.1) is 0 Å². The van der Waals surface area contributed by atoms with E-state index in [1.165, 1.54) is 17.7 Å². The van der Waals surface area contributed by atoms with Crippen molar-refractivity contribution in [3.05, 3.63) is 70.8 Å². The number of benzene rings is 2. The lowest BCUT2D eigenvalue weighted by Crippen LogP contribution is -2.24. The molecule has 1 unspecified atom stereocenters. The van der Waals surface area contributed by atoms with Gasteiger partial charge in [0.15, 0.2) is 0 Å². The van der Waals surface area contributed by atoms with Crippen molar-refractivity contribution in [2.24, 2.45) is 0 Å². The van der Waals surface area contributed by atoms with Crippen LogP contribution in [0.1, 0.15) is 29.7 Å². The van der Waals surface area contributed by atoms with Gasteiger partial charge in [0.25, 0.3) is 0 Å². The molecule has 2 aromatic rings. The summed E-state index contributed by atoms with van der Waals surface area (Å²) >= 11 is 0. The minimum absolute atomic E-state index is 0.224. The summed E-state index contributed by atoms with van der Waals surface area (Å²) in [6, 6.07) is 11.5. The molecule has 20 heavy (non-hydrogen) atoms. The molecule has 1 N–H and O–H groups in total. The van der Waals surface area contributed by atoms with Crippen molar-refractivity contribution in [2.75, 3.05) is 6.54 Å². The van der Waals surface area contributed by atoms with Crippen LogP contribution in [0.25, 0.3) is 0 Å². The highest BCUT2D eigenvalue weighted by atomic mass is 19.1. The highest BCUT2D eigenvalue weighted by molar-refractivity contribution is 5.27. The molecule has 1 nitrogen and oxygen atoms in total. The van der Waals surface area contributed by atoms with E-state index in [-0.39, 0.29) is 11.9 Å². The first-order chi connectivity index (χ1) is 9.60. The van der Waals surface area contributed by atoms with Crippen molar-refractivity contribution >= 4 is 0 Å². The fourth-order valence-electron chi connectivity index (χ4n) is 2.28. The van der Waals surface area contributed by atoms with Gasteiger partial charge in [-0.05, 0) is 43.7 Å². The van der Waals surface area contributed by atoms with Gasteiger partial charge in [0.1, 0.15) is 11.6 Å². The lowest BCUT2D eigenvalue weighted by atomic mass is 9.97. The first-order valence-corrected chi connectivity index (χ1v) is 6.84. The third-order valence-corrected chi connectivity index (χ3v) is 3.34. The second-order valence-corrected chi connectivity index (χ2v) is 4.97. The van der Waals surface area contributed by atoms with Crippen LogP contribution in [0.15, 0.2) is 42.5 Å². The Bertz CT molecular complexity index is 564. The van der Waals surface area contributed by atoms with E-state index in [9.17, 15) is 8.78 Å². The van der Waals surface area contributed by atoms with Gasteiger partial charge in [-0.1, -0.05) is 36.8 Å². The van der Waals surface area contributed by atoms with Crippen LogP contribution in [0.2, 0.25) is 0 Å². The number of halogens is 2. The van der Waals surface area contributed by atoms with Gasteiger partial charge in [-0.3, -0.25) is 0 Å². The summed E-state index contributed by atoms with van der Waals surface area (Å²) in [4.78, 5) is 0. The van der Waals surface area contributed by atoms with E-state index in [0.717, 1.165) is 11.6 Å². The molecule has 0 fully saturated rings. The van der Waals surface area contributed by atoms with Crippen molar-refractivity contribution in [1.29, 1.82) is 0 Å². The van der Waals surface area contributed by atoms with Crippen LogP contribution in [0, 0.1) is 18.6 Å². The van der Waals surface area contributed by atoms with Crippen LogP contribution < -0.4 is 5.32 Å². The third kappa shape index (κ3) is 3.64. The Kier molecular flexibility index (Phi) is 4.85. The van der Waals surface area contributed by atoms with Crippen LogP contribution >= 0.6 is 0 Å². The molecule has 2 rings (SSSR count). The van der Waals surface area contributed by atoms with Crippen molar-refractivity contribution < 1.29 is 8.78 Å². The summed E-state index contributed by atoms with van der Waals surface area (Å²) in [7, 11) is 0. The van der Waals surface area contributed by atoms with Crippen molar-refractivity contribution in [3.63, 3.8) is 0 Å². The molecular weight excluding hydrogens is 256 g/mol. The first kappa shape index (κ1) is 14.7. The van der Waals surface area contributed by atoms with Crippen LogP contribution in [-0.2, 0) is 6.42 Å². The molecule has 1 atom stereocenters. The molecule has 0 spiro atoms. The summed E-state index contributed by atoms with van der Waals surface area (Å²) in [6.45, 7) is 4.68. The van der Waals surface area contributed by atoms with Gasteiger partial charge >= 0.3 is 0 Å². The van der Waals surface area contributed by atoms with Gasteiger partial charge in [0.05, 0.1) is 0 Å². The fraction of sp³-hybridized carbons (Fsp3) is 0.294. The molecule has 0 saturated carbocycles. The lowest BCUT2D eigenvalue weighted by molar-refractivity contribution is 0.502. The highest BCUT2D eigenvalue weighted by Crippen LogP contribution is 2.22. The predicted octanol–water partition coefficient (Wildman–Crippen LogP) is 4.17. The molecule has 0 aliphatic heterocycles. The van der Waals surface area contributed by atoms with Crippen LogP contribution in [0.3, 0.4) is 0 Å². The van der Waals surface area contributed by atoms with Gasteiger partial charge in [-0.2, -0.15) is 0 Å². The highest BCUT2D eigenvalue weighted by Gasteiger charge is 2.16. The molecule has 3 heteroatoms. The maximum absolute atomic E-state index is 13.9. The van der Waals surface area contributed by atoms with Gasteiger partial charge in [0.2, 0.25) is 0 Å². The third-order valence-electron chi connectivity index (χ3n) is 3.34. The van der Waals surface area contributed by atoms with E-state index in [4.69, 9.17) is 0 Å². The Balaban J connectivity index is 2.26. The van der Waals surface area contributed by atoms with E-state index in [1.807, 2.05) is 38.1 Å². The average molecular weight is 275 g/mol. The number of hydrogen-bond acceptors (Lipinski definition) is 1. The van der Waals surface area contributed by atoms with Crippen molar-refractivity contribution in [2.45, 2.75) is 26.3 Å². The largest absolute Gasteiger partial charge is 0.310 e. The number of likely N-dealkylation sites (N-methyl/N-ethyl adjacent to an activating group) is 1. The number of nitrogens with one attached hydrogen (secondary N) is 1. The lowest BCUT2D eigenvalue weighted by Gasteiger charge is -2.19.